The number of nitrogens with zero attached hydrogens (tertiary/aromatic N) is 2. The minimum absolute atomic E-state index is 0.0352. The van der Waals surface area contributed by atoms with Crippen LogP contribution < -0.4 is 5.32 Å². The standard InChI is InChI=1S/C16H23N3O2S/c1-10-13(22-12(3)18-10)14(20)19-9-5-7-16(11(19)2)6-4-8-17-15(16)21/h11H,4-9H2,1-3H3,(H,17,21)/t11-,16-/m0/s1. The van der Waals surface area contributed by atoms with Crippen LogP contribution in [-0.2, 0) is 4.79 Å². The number of amides is 2. The van der Waals surface area contributed by atoms with E-state index in [4.69, 9.17) is 0 Å². The summed E-state index contributed by atoms with van der Waals surface area (Å²) in [4.78, 5) is 32.4. The highest BCUT2D eigenvalue weighted by Crippen LogP contribution is 2.42. The van der Waals surface area contributed by atoms with Crippen LogP contribution in [0.15, 0.2) is 0 Å². The molecular weight excluding hydrogens is 298 g/mol. The molecule has 0 saturated carbocycles. The summed E-state index contributed by atoms with van der Waals surface area (Å²) >= 11 is 1.45. The first kappa shape index (κ1) is 15.5. The highest BCUT2D eigenvalue weighted by Gasteiger charge is 2.50. The van der Waals surface area contributed by atoms with Gasteiger partial charge in [0.2, 0.25) is 5.91 Å². The van der Waals surface area contributed by atoms with Crippen molar-refractivity contribution in [2.75, 3.05) is 13.1 Å². The Balaban J connectivity index is 1.89. The van der Waals surface area contributed by atoms with Crippen molar-refractivity contribution in [1.29, 1.82) is 0 Å². The predicted octanol–water partition coefficient (Wildman–Crippen LogP) is 2.28. The van der Waals surface area contributed by atoms with E-state index in [-0.39, 0.29) is 17.9 Å². The number of thiazole rings is 1. The molecule has 0 aliphatic carbocycles. The monoisotopic (exact) mass is 321 g/mol. The molecule has 2 aliphatic heterocycles. The van der Waals surface area contributed by atoms with Crippen LogP contribution >= 0.6 is 11.3 Å². The number of nitrogens with one attached hydrogen (secondary N) is 1. The van der Waals surface area contributed by atoms with Gasteiger partial charge in [-0.1, -0.05) is 0 Å². The fourth-order valence-corrected chi connectivity index (χ4v) is 4.81. The van der Waals surface area contributed by atoms with Crippen LogP contribution in [0.5, 0.6) is 0 Å². The quantitative estimate of drug-likeness (QED) is 0.863. The summed E-state index contributed by atoms with van der Waals surface area (Å²) in [5.74, 6) is 0.161. The van der Waals surface area contributed by atoms with E-state index in [0.29, 0.717) is 0 Å². The van der Waals surface area contributed by atoms with E-state index < -0.39 is 5.41 Å². The molecule has 5 nitrogen and oxygen atoms in total. The third-order valence-electron chi connectivity index (χ3n) is 5.19. The number of hydrogen-bond donors (Lipinski definition) is 1. The number of rotatable bonds is 1. The van der Waals surface area contributed by atoms with Crippen LogP contribution in [0, 0.1) is 19.3 Å². The molecule has 2 amide bonds. The molecular formula is C16H23N3O2S. The third kappa shape index (κ3) is 2.33. The van der Waals surface area contributed by atoms with Crippen molar-refractivity contribution in [3.05, 3.63) is 15.6 Å². The van der Waals surface area contributed by atoms with E-state index in [0.717, 1.165) is 54.4 Å². The Morgan fingerprint density at radius 1 is 1.36 bits per heavy atom. The molecule has 3 rings (SSSR count). The normalized spacial score (nSPS) is 28.8. The van der Waals surface area contributed by atoms with Crippen molar-refractivity contribution in [1.82, 2.24) is 15.2 Å². The van der Waals surface area contributed by atoms with Gasteiger partial charge in [0, 0.05) is 19.1 Å². The van der Waals surface area contributed by atoms with Gasteiger partial charge >= 0.3 is 0 Å². The molecule has 1 spiro atoms. The number of carbonyl (C=O) groups is 2. The fraction of sp³-hybridized carbons (Fsp3) is 0.688. The molecule has 2 saturated heterocycles. The summed E-state index contributed by atoms with van der Waals surface area (Å²) in [5, 5.41) is 3.91. The van der Waals surface area contributed by atoms with E-state index in [1.807, 2.05) is 25.7 Å². The Kier molecular flexibility index (Phi) is 3.97. The first-order valence-corrected chi connectivity index (χ1v) is 8.80. The SMILES string of the molecule is Cc1nc(C)c(C(=O)N2CCC[C@@]3(CCCNC3=O)[C@@H]2C)s1. The second-order valence-corrected chi connectivity index (χ2v) is 7.64. The summed E-state index contributed by atoms with van der Waals surface area (Å²) in [6, 6.07) is -0.0594. The van der Waals surface area contributed by atoms with Crippen LogP contribution in [0.25, 0.3) is 0 Å². The molecule has 2 fully saturated rings. The molecule has 6 heteroatoms. The molecule has 3 heterocycles. The van der Waals surface area contributed by atoms with Gasteiger partial charge in [0.15, 0.2) is 0 Å². The number of hydrogen-bond acceptors (Lipinski definition) is 4. The average molecular weight is 321 g/mol. The highest BCUT2D eigenvalue weighted by molar-refractivity contribution is 7.13. The Hall–Kier alpha value is -1.43. The van der Waals surface area contributed by atoms with E-state index in [1.165, 1.54) is 11.3 Å². The lowest BCUT2D eigenvalue weighted by Gasteiger charge is -2.49. The van der Waals surface area contributed by atoms with Crippen LogP contribution in [0.2, 0.25) is 0 Å². The van der Waals surface area contributed by atoms with Crippen molar-refractivity contribution < 1.29 is 9.59 Å². The number of piperidine rings is 2. The van der Waals surface area contributed by atoms with Crippen molar-refractivity contribution in [3.8, 4) is 0 Å². The van der Waals surface area contributed by atoms with Gasteiger partial charge in [0.1, 0.15) is 4.88 Å². The Morgan fingerprint density at radius 2 is 2.09 bits per heavy atom. The minimum atomic E-state index is -0.403. The smallest absolute Gasteiger partial charge is 0.266 e. The van der Waals surface area contributed by atoms with E-state index in [1.54, 1.807) is 0 Å². The Labute approximate surface area is 135 Å². The molecule has 1 aromatic rings. The van der Waals surface area contributed by atoms with Gasteiger partial charge in [-0.25, -0.2) is 4.98 Å². The number of aromatic nitrogens is 1. The maximum atomic E-state index is 12.9. The van der Waals surface area contributed by atoms with Crippen LogP contribution in [0.3, 0.4) is 0 Å². The van der Waals surface area contributed by atoms with E-state index in [2.05, 4.69) is 10.3 Å². The lowest BCUT2D eigenvalue weighted by Crippen LogP contribution is -2.61. The molecule has 0 unspecified atom stereocenters. The van der Waals surface area contributed by atoms with Gasteiger partial charge < -0.3 is 10.2 Å². The Bertz CT molecular complexity index is 609. The van der Waals surface area contributed by atoms with Crippen molar-refractivity contribution >= 4 is 23.2 Å². The minimum Gasteiger partial charge on any atom is -0.356 e. The summed E-state index contributed by atoms with van der Waals surface area (Å²) in [6.07, 6.45) is 3.64. The molecule has 2 aliphatic rings. The molecule has 120 valence electrons. The summed E-state index contributed by atoms with van der Waals surface area (Å²) in [5.41, 5.74) is 0.396. The first-order valence-electron chi connectivity index (χ1n) is 7.99. The first-order chi connectivity index (χ1) is 10.5. The number of aryl methyl sites for hydroxylation is 2. The van der Waals surface area contributed by atoms with Crippen molar-refractivity contribution in [3.63, 3.8) is 0 Å². The van der Waals surface area contributed by atoms with Gasteiger partial charge in [-0.3, -0.25) is 9.59 Å². The van der Waals surface area contributed by atoms with Crippen molar-refractivity contribution in [2.24, 2.45) is 5.41 Å². The van der Waals surface area contributed by atoms with Gasteiger partial charge in [-0.2, -0.15) is 0 Å². The average Bonchev–Trinajstić information content (AvgIpc) is 2.83. The highest BCUT2D eigenvalue weighted by atomic mass is 32.1. The maximum absolute atomic E-state index is 12.9. The largest absolute Gasteiger partial charge is 0.356 e. The second-order valence-electron chi connectivity index (χ2n) is 6.44. The summed E-state index contributed by atoms with van der Waals surface area (Å²) < 4.78 is 0. The van der Waals surface area contributed by atoms with Crippen LogP contribution in [0.4, 0.5) is 0 Å². The topological polar surface area (TPSA) is 62.3 Å². The zero-order valence-electron chi connectivity index (χ0n) is 13.4. The number of carbonyl (C=O) groups excluding carboxylic acids is 2. The summed E-state index contributed by atoms with van der Waals surface area (Å²) in [7, 11) is 0. The van der Waals surface area contributed by atoms with Gasteiger partial charge in [-0.15, -0.1) is 11.3 Å². The molecule has 0 bridgehead atoms. The lowest BCUT2D eigenvalue weighted by molar-refractivity contribution is -0.140. The van der Waals surface area contributed by atoms with Crippen LogP contribution in [0.1, 0.15) is 53.0 Å². The molecule has 0 radical (unpaired) electrons. The summed E-state index contributed by atoms with van der Waals surface area (Å²) in [6.45, 7) is 7.32. The number of likely N-dealkylation sites (tertiary alicyclic amines) is 1. The Morgan fingerprint density at radius 3 is 2.73 bits per heavy atom. The molecule has 1 N–H and O–H groups in total. The van der Waals surface area contributed by atoms with Gasteiger partial charge in [-0.05, 0) is 46.5 Å². The molecule has 0 aromatic carbocycles. The third-order valence-corrected chi connectivity index (χ3v) is 6.25. The molecule has 22 heavy (non-hydrogen) atoms. The lowest BCUT2D eigenvalue weighted by atomic mass is 9.68. The van der Waals surface area contributed by atoms with E-state index >= 15 is 0 Å². The van der Waals surface area contributed by atoms with Crippen molar-refractivity contribution in [2.45, 2.75) is 52.5 Å². The zero-order valence-corrected chi connectivity index (χ0v) is 14.3. The van der Waals surface area contributed by atoms with Crippen LogP contribution in [-0.4, -0.2) is 40.8 Å². The fourth-order valence-electron chi connectivity index (χ4n) is 3.94. The van der Waals surface area contributed by atoms with Gasteiger partial charge in [0.25, 0.3) is 5.91 Å². The van der Waals surface area contributed by atoms with Gasteiger partial charge in [0.05, 0.1) is 16.1 Å². The zero-order chi connectivity index (χ0) is 15.9. The maximum Gasteiger partial charge on any atom is 0.266 e. The molecule has 1 aromatic heterocycles. The van der Waals surface area contributed by atoms with E-state index in [9.17, 15) is 9.59 Å². The molecule has 2 atom stereocenters. The second kappa shape index (κ2) is 5.65. The predicted molar refractivity (Wildman–Crippen MR) is 86.0 cm³/mol.